The molecule has 0 unspecified atom stereocenters. The highest BCUT2D eigenvalue weighted by Gasteiger charge is 2.32. The third-order valence-electron chi connectivity index (χ3n) is 1.62. The van der Waals surface area contributed by atoms with E-state index in [4.69, 9.17) is 9.78 Å². The van der Waals surface area contributed by atoms with Crippen molar-refractivity contribution in [3.8, 4) is 5.75 Å². The first-order valence-electron chi connectivity index (χ1n) is 3.49. The molecule has 0 N–H and O–H groups in total. The van der Waals surface area contributed by atoms with E-state index < -0.39 is 3.42 Å². The SMILES string of the molecule is BrC1(Br)Cc2ccccc2OO1. The molecule has 1 aliphatic rings. The Balaban J connectivity index is 2.35. The molecule has 0 atom stereocenters. The van der Waals surface area contributed by atoms with Crippen LogP contribution in [0.15, 0.2) is 24.3 Å². The minimum absolute atomic E-state index is 0.575. The Morgan fingerprint density at radius 1 is 1.25 bits per heavy atom. The molecular weight excluding hydrogens is 288 g/mol. The maximum absolute atomic E-state index is 5.04. The second-order valence-corrected chi connectivity index (χ2v) is 6.21. The van der Waals surface area contributed by atoms with Crippen LogP contribution in [-0.2, 0) is 11.3 Å². The predicted octanol–water partition coefficient (Wildman–Crippen LogP) is 3.00. The first kappa shape index (κ1) is 8.53. The van der Waals surface area contributed by atoms with Gasteiger partial charge in [-0.05, 0) is 37.9 Å². The van der Waals surface area contributed by atoms with Gasteiger partial charge in [-0.15, -0.1) is 0 Å². The number of para-hydroxylation sites is 1. The average molecular weight is 294 g/mol. The van der Waals surface area contributed by atoms with Crippen molar-refractivity contribution in [2.45, 2.75) is 9.84 Å². The molecule has 0 radical (unpaired) electrons. The Labute approximate surface area is 87.0 Å². The Morgan fingerprint density at radius 3 is 2.83 bits per heavy atom. The van der Waals surface area contributed by atoms with E-state index in [1.165, 1.54) is 0 Å². The van der Waals surface area contributed by atoms with Crippen molar-refractivity contribution in [1.29, 1.82) is 0 Å². The maximum Gasteiger partial charge on any atom is 0.227 e. The number of halogens is 2. The first-order valence-corrected chi connectivity index (χ1v) is 5.07. The molecule has 1 aromatic rings. The summed E-state index contributed by atoms with van der Waals surface area (Å²) in [6.07, 6.45) is 0.739. The predicted molar refractivity (Wildman–Crippen MR) is 52.4 cm³/mol. The molecule has 0 bridgehead atoms. The van der Waals surface area contributed by atoms with E-state index in [0.29, 0.717) is 0 Å². The molecule has 0 amide bonds. The van der Waals surface area contributed by atoms with Crippen molar-refractivity contribution in [2.24, 2.45) is 0 Å². The van der Waals surface area contributed by atoms with Gasteiger partial charge < -0.3 is 4.89 Å². The molecule has 0 spiro atoms. The lowest BCUT2D eigenvalue weighted by molar-refractivity contribution is -0.235. The molecule has 0 aliphatic carbocycles. The summed E-state index contributed by atoms with van der Waals surface area (Å²) in [5.41, 5.74) is 1.12. The molecule has 4 heteroatoms. The summed E-state index contributed by atoms with van der Waals surface area (Å²) in [5, 5.41) is 0. The summed E-state index contributed by atoms with van der Waals surface area (Å²) in [4.78, 5) is 10.1. The highest BCUT2D eigenvalue weighted by molar-refractivity contribution is 9.25. The fraction of sp³-hybridized carbons (Fsp3) is 0.250. The Hall–Kier alpha value is -0.0600. The van der Waals surface area contributed by atoms with Crippen LogP contribution in [0.4, 0.5) is 0 Å². The lowest BCUT2D eigenvalue weighted by Crippen LogP contribution is -2.26. The molecule has 2 nitrogen and oxygen atoms in total. The Morgan fingerprint density at radius 2 is 2.00 bits per heavy atom. The van der Waals surface area contributed by atoms with Crippen molar-refractivity contribution in [2.75, 3.05) is 0 Å². The molecule has 1 heterocycles. The fourth-order valence-corrected chi connectivity index (χ4v) is 1.82. The second-order valence-electron chi connectivity index (χ2n) is 2.59. The van der Waals surface area contributed by atoms with E-state index in [-0.39, 0.29) is 0 Å². The molecule has 0 aromatic heterocycles. The van der Waals surface area contributed by atoms with Crippen LogP contribution >= 0.6 is 31.9 Å². The highest BCUT2D eigenvalue weighted by Crippen LogP contribution is 2.39. The van der Waals surface area contributed by atoms with Crippen LogP contribution in [0.5, 0.6) is 5.75 Å². The fourth-order valence-electron chi connectivity index (χ4n) is 1.09. The van der Waals surface area contributed by atoms with Gasteiger partial charge in [-0.3, -0.25) is 0 Å². The molecule has 1 aromatic carbocycles. The number of rotatable bonds is 0. The van der Waals surface area contributed by atoms with Gasteiger partial charge in [0.1, 0.15) is 0 Å². The Bertz CT molecular complexity index is 299. The maximum atomic E-state index is 5.04. The minimum atomic E-state index is -0.575. The van der Waals surface area contributed by atoms with E-state index >= 15 is 0 Å². The van der Waals surface area contributed by atoms with Crippen molar-refractivity contribution >= 4 is 31.9 Å². The number of benzene rings is 1. The molecule has 64 valence electrons. The van der Waals surface area contributed by atoms with Gasteiger partial charge in [0.2, 0.25) is 3.42 Å². The largest absolute Gasteiger partial charge is 0.335 e. The van der Waals surface area contributed by atoms with Crippen molar-refractivity contribution < 1.29 is 9.78 Å². The molecule has 12 heavy (non-hydrogen) atoms. The summed E-state index contributed by atoms with van der Waals surface area (Å²) < 4.78 is -0.575. The topological polar surface area (TPSA) is 18.5 Å². The van der Waals surface area contributed by atoms with Crippen LogP contribution in [-0.4, -0.2) is 3.42 Å². The third-order valence-corrected chi connectivity index (χ3v) is 2.45. The highest BCUT2D eigenvalue weighted by atomic mass is 79.9. The standard InChI is InChI=1S/C8H6Br2O2/c9-8(10)5-6-3-1-2-4-7(6)11-12-8/h1-4H,5H2. The lowest BCUT2D eigenvalue weighted by atomic mass is 10.1. The summed E-state index contributed by atoms with van der Waals surface area (Å²) in [5.74, 6) is 0.784. The van der Waals surface area contributed by atoms with Crippen molar-refractivity contribution in [1.82, 2.24) is 0 Å². The second kappa shape index (κ2) is 3.01. The van der Waals surface area contributed by atoms with E-state index in [9.17, 15) is 0 Å². The number of hydrogen-bond acceptors (Lipinski definition) is 2. The summed E-state index contributed by atoms with van der Waals surface area (Å²) >= 11 is 6.66. The van der Waals surface area contributed by atoms with Gasteiger partial charge in [0.25, 0.3) is 0 Å². The molecule has 1 aliphatic heterocycles. The molecular formula is C8H6Br2O2. The van der Waals surface area contributed by atoms with Crippen LogP contribution in [0.3, 0.4) is 0 Å². The average Bonchev–Trinajstić information content (AvgIpc) is 2.02. The normalized spacial score (nSPS) is 19.5. The van der Waals surface area contributed by atoms with E-state index in [1.807, 2.05) is 24.3 Å². The third kappa shape index (κ3) is 1.65. The quantitative estimate of drug-likeness (QED) is 0.541. The number of fused-ring (bicyclic) bond motifs is 1. The lowest BCUT2D eigenvalue weighted by Gasteiger charge is -2.25. The van der Waals surface area contributed by atoms with E-state index in [2.05, 4.69) is 31.9 Å². The summed E-state index contributed by atoms with van der Waals surface area (Å²) in [7, 11) is 0. The van der Waals surface area contributed by atoms with Gasteiger partial charge >= 0.3 is 0 Å². The summed E-state index contributed by atoms with van der Waals surface area (Å²) in [6.45, 7) is 0. The number of hydrogen-bond donors (Lipinski definition) is 0. The van der Waals surface area contributed by atoms with Gasteiger partial charge in [0.05, 0.1) is 0 Å². The summed E-state index contributed by atoms with van der Waals surface area (Å²) in [6, 6.07) is 7.78. The van der Waals surface area contributed by atoms with Crippen LogP contribution in [0.2, 0.25) is 0 Å². The molecule has 2 rings (SSSR count). The van der Waals surface area contributed by atoms with E-state index in [0.717, 1.165) is 17.7 Å². The van der Waals surface area contributed by atoms with Crippen LogP contribution in [0, 0.1) is 0 Å². The molecule has 0 fully saturated rings. The smallest absolute Gasteiger partial charge is 0.227 e. The first-order chi connectivity index (χ1) is 5.67. The minimum Gasteiger partial charge on any atom is -0.335 e. The van der Waals surface area contributed by atoms with E-state index in [1.54, 1.807) is 0 Å². The van der Waals surface area contributed by atoms with Crippen molar-refractivity contribution in [3.05, 3.63) is 29.8 Å². The van der Waals surface area contributed by atoms with Gasteiger partial charge in [0, 0.05) is 12.0 Å². The zero-order chi connectivity index (χ0) is 8.60. The van der Waals surface area contributed by atoms with Crippen LogP contribution in [0.1, 0.15) is 5.56 Å². The molecule has 0 saturated carbocycles. The van der Waals surface area contributed by atoms with Gasteiger partial charge in [-0.2, -0.15) is 4.89 Å². The monoisotopic (exact) mass is 292 g/mol. The van der Waals surface area contributed by atoms with Gasteiger partial charge in [0.15, 0.2) is 5.75 Å². The Kier molecular flexibility index (Phi) is 2.14. The zero-order valence-electron chi connectivity index (χ0n) is 6.09. The van der Waals surface area contributed by atoms with Gasteiger partial charge in [-0.1, -0.05) is 18.2 Å². The zero-order valence-corrected chi connectivity index (χ0v) is 9.26. The number of alkyl halides is 2. The van der Waals surface area contributed by atoms with Crippen LogP contribution < -0.4 is 4.89 Å². The van der Waals surface area contributed by atoms with Gasteiger partial charge in [-0.25, -0.2) is 0 Å². The van der Waals surface area contributed by atoms with Crippen LogP contribution in [0.25, 0.3) is 0 Å². The van der Waals surface area contributed by atoms with Crippen molar-refractivity contribution in [3.63, 3.8) is 0 Å². The molecule has 0 saturated heterocycles.